The average Bonchev–Trinajstić information content (AvgIpc) is 2.86. The minimum Gasteiger partial charge on any atom is -0.380 e. The second-order valence-corrected chi connectivity index (χ2v) is 4.71. The number of rotatable bonds is 4. The molecule has 1 aromatic rings. The van der Waals surface area contributed by atoms with Gasteiger partial charge in [-0.05, 0) is 12.7 Å². The first-order valence-corrected chi connectivity index (χ1v) is 6.88. The summed E-state index contributed by atoms with van der Waals surface area (Å²) in [7, 11) is 3.64. The summed E-state index contributed by atoms with van der Waals surface area (Å²) in [5.74, 6) is 1.84. The molecule has 1 atom stereocenters. The third-order valence-electron chi connectivity index (χ3n) is 2.93. The van der Waals surface area contributed by atoms with Crippen LogP contribution in [-0.4, -0.2) is 49.6 Å². The van der Waals surface area contributed by atoms with Crippen LogP contribution in [0, 0.1) is 0 Å². The Kier molecular flexibility index (Phi) is 4.06. The van der Waals surface area contributed by atoms with E-state index in [2.05, 4.69) is 20.2 Å². The minimum atomic E-state index is 0.320. The Morgan fingerprint density at radius 2 is 2.35 bits per heavy atom. The molecule has 94 valence electrons. The number of hydrogen-bond acceptors (Lipinski definition) is 6. The number of nitrogens with one attached hydrogen (secondary N) is 1. The molecule has 0 radical (unpaired) electrons. The van der Waals surface area contributed by atoms with Crippen molar-refractivity contribution in [1.29, 1.82) is 0 Å². The van der Waals surface area contributed by atoms with Crippen LogP contribution >= 0.6 is 11.8 Å². The van der Waals surface area contributed by atoms with Gasteiger partial charge in [-0.15, -0.1) is 0 Å². The van der Waals surface area contributed by atoms with E-state index >= 15 is 0 Å². The summed E-state index contributed by atoms with van der Waals surface area (Å²) in [4.78, 5) is 11.1. The maximum atomic E-state index is 5.37. The summed E-state index contributed by atoms with van der Waals surface area (Å²) in [6, 6.07) is 1.98. The summed E-state index contributed by atoms with van der Waals surface area (Å²) >= 11 is 1.56. The molecule has 6 heteroatoms. The summed E-state index contributed by atoms with van der Waals surface area (Å²) in [5.41, 5.74) is 0. The average molecular weight is 254 g/mol. The highest BCUT2D eigenvalue weighted by atomic mass is 32.2. The number of anilines is 2. The van der Waals surface area contributed by atoms with Gasteiger partial charge in [0.2, 0.25) is 0 Å². The number of ether oxygens (including phenoxy) is 1. The lowest BCUT2D eigenvalue weighted by Crippen LogP contribution is -2.23. The minimum absolute atomic E-state index is 0.320. The molecule has 0 aliphatic carbocycles. The van der Waals surface area contributed by atoms with Gasteiger partial charge in [0.1, 0.15) is 11.6 Å². The van der Waals surface area contributed by atoms with E-state index in [4.69, 9.17) is 4.74 Å². The Morgan fingerprint density at radius 1 is 1.53 bits per heavy atom. The number of aromatic nitrogens is 2. The normalized spacial score (nSPS) is 19.7. The molecular formula is C11H18N4OS. The van der Waals surface area contributed by atoms with E-state index in [1.54, 1.807) is 18.9 Å². The van der Waals surface area contributed by atoms with Crippen molar-refractivity contribution in [3.8, 4) is 0 Å². The third kappa shape index (κ3) is 2.81. The van der Waals surface area contributed by atoms with Crippen molar-refractivity contribution in [1.82, 2.24) is 9.97 Å². The molecule has 5 nitrogen and oxygen atoms in total. The van der Waals surface area contributed by atoms with Crippen molar-refractivity contribution >= 4 is 23.4 Å². The smallest absolute Gasteiger partial charge is 0.191 e. The predicted octanol–water partition coefficient (Wildman–Crippen LogP) is 1.47. The topological polar surface area (TPSA) is 50.3 Å². The first-order chi connectivity index (χ1) is 8.26. The van der Waals surface area contributed by atoms with Crippen LogP contribution in [0.15, 0.2) is 11.2 Å². The second-order valence-electron chi connectivity index (χ2n) is 3.94. The molecule has 0 bridgehead atoms. The zero-order valence-electron chi connectivity index (χ0n) is 10.4. The molecule has 1 aliphatic rings. The molecule has 1 aromatic heterocycles. The van der Waals surface area contributed by atoms with Crippen LogP contribution < -0.4 is 10.2 Å². The molecule has 1 unspecified atom stereocenters. The molecule has 0 amide bonds. The first-order valence-electron chi connectivity index (χ1n) is 5.65. The van der Waals surface area contributed by atoms with E-state index in [0.717, 1.165) is 36.3 Å². The maximum absolute atomic E-state index is 5.37. The summed E-state index contributed by atoms with van der Waals surface area (Å²) in [5, 5.41) is 3.87. The molecule has 2 heterocycles. The van der Waals surface area contributed by atoms with Gasteiger partial charge in [-0.25, -0.2) is 9.97 Å². The zero-order chi connectivity index (χ0) is 12.3. The van der Waals surface area contributed by atoms with Gasteiger partial charge in [0.05, 0.1) is 6.10 Å². The highest BCUT2D eigenvalue weighted by Gasteiger charge is 2.23. The Morgan fingerprint density at radius 3 is 2.94 bits per heavy atom. The number of nitrogens with zero attached hydrogens (tertiary/aromatic N) is 3. The summed E-state index contributed by atoms with van der Waals surface area (Å²) in [6.45, 7) is 1.90. The Bertz CT molecular complexity index is 365. The van der Waals surface area contributed by atoms with E-state index in [0.29, 0.717) is 6.10 Å². The Labute approximate surface area is 106 Å². The fraction of sp³-hybridized carbons (Fsp3) is 0.636. The van der Waals surface area contributed by atoms with Crippen molar-refractivity contribution < 1.29 is 4.74 Å². The fourth-order valence-corrected chi connectivity index (χ4v) is 2.30. The van der Waals surface area contributed by atoms with Crippen molar-refractivity contribution in [3.63, 3.8) is 0 Å². The van der Waals surface area contributed by atoms with Crippen LogP contribution in [0.25, 0.3) is 0 Å². The van der Waals surface area contributed by atoms with Crippen LogP contribution in [0.3, 0.4) is 0 Å². The van der Waals surface area contributed by atoms with Gasteiger partial charge in [-0.2, -0.15) is 0 Å². The quantitative estimate of drug-likeness (QED) is 0.648. The first kappa shape index (κ1) is 12.4. The molecule has 1 N–H and O–H groups in total. The third-order valence-corrected chi connectivity index (χ3v) is 3.48. The van der Waals surface area contributed by atoms with E-state index in [-0.39, 0.29) is 0 Å². The second kappa shape index (κ2) is 5.55. The molecule has 1 saturated heterocycles. The molecule has 0 spiro atoms. The lowest BCUT2D eigenvalue weighted by Gasteiger charge is -2.18. The zero-order valence-corrected chi connectivity index (χ0v) is 11.3. The largest absolute Gasteiger partial charge is 0.380 e. The molecule has 17 heavy (non-hydrogen) atoms. The monoisotopic (exact) mass is 254 g/mol. The predicted molar refractivity (Wildman–Crippen MR) is 71.0 cm³/mol. The van der Waals surface area contributed by atoms with Gasteiger partial charge >= 0.3 is 0 Å². The lowest BCUT2D eigenvalue weighted by molar-refractivity contribution is 0.121. The SMILES string of the molecule is CNc1cc(N2CCC(OC)C2)nc(SC)n1. The van der Waals surface area contributed by atoms with Gasteiger partial charge in [0.25, 0.3) is 0 Å². The summed E-state index contributed by atoms with van der Waals surface area (Å²) in [6.07, 6.45) is 3.37. The van der Waals surface area contributed by atoms with Crippen LogP contribution in [0.1, 0.15) is 6.42 Å². The van der Waals surface area contributed by atoms with Gasteiger partial charge in [0.15, 0.2) is 5.16 Å². The molecule has 0 saturated carbocycles. The van der Waals surface area contributed by atoms with Crippen LogP contribution in [-0.2, 0) is 4.74 Å². The molecule has 0 aromatic carbocycles. The highest BCUT2D eigenvalue weighted by Crippen LogP contribution is 2.24. The van der Waals surface area contributed by atoms with Crippen molar-refractivity contribution in [2.75, 3.05) is 43.7 Å². The maximum Gasteiger partial charge on any atom is 0.191 e. The van der Waals surface area contributed by atoms with Crippen LogP contribution in [0.2, 0.25) is 0 Å². The van der Waals surface area contributed by atoms with Crippen LogP contribution in [0.4, 0.5) is 11.6 Å². The van der Waals surface area contributed by atoms with Gasteiger partial charge in [0, 0.05) is 33.3 Å². The van der Waals surface area contributed by atoms with E-state index in [1.807, 2.05) is 19.4 Å². The van der Waals surface area contributed by atoms with Crippen molar-refractivity contribution in [2.45, 2.75) is 17.7 Å². The van der Waals surface area contributed by atoms with Gasteiger partial charge < -0.3 is 15.0 Å². The number of methoxy groups -OCH3 is 1. The van der Waals surface area contributed by atoms with Gasteiger partial charge in [-0.1, -0.05) is 11.8 Å². The Balaban J connectivity index is 2.20. The molecule has 1 aliphatic heterocycles. The lowest BCUT2D eigenvalue weighted by atomic mass is 10.3. The van der Waals surface area contributed by atoms with Crippen LogP contribution in [0.5, 0.6) is 0 Å². The number of thioether (sulfide) groups is 1. The Hall–Kier alpha value is -1.01. The molecule has 1 fully saturated rings. The number of hydrogen-bond donors (Lipinski definition) is 1. The molecular weight excluding hydrogens is 236 g/mol. The standard InChI is InChI=1S/C11H18N4OS/c1-12-9-6-10(14-11(13-9)17-3)15-5-4-8(7-15)16-2/h6,8H,4-5,7H2,1-3H3,(H,12,13,14). The van der Waals surface area contributed by atoms with Crippen molar-refractivity contribution in [3.05, 3.63) is 6.07 Å². The molecule has 2 rings (SSSR count). The van der Waals surface area contributed by atoms with Crippen molar-refractivity contribution in [2.24, 2.45) is 0 Å². The van der Waals surface area contributed by atoms with E-state index in [1.165, 1.54) is 0 Å². The highest BCUT2D eigenvalue weighted by molar-refractivity contribution is 7.98. The van der Waals surface area contributed by atoms with Gasteiger partial charge in [-0.3, -0.25) is 0 Å². The summed E-state index contributed by atoms with van der Waals surface area (Å²) < 4.78 is 5.37. The van der Waals surface area contributed by atoms with E-state index < -0.39 is 0 Å². The van der Waals surface area contributed by atoms with E-state index in [9.17, 15) is 0 Å². The fourth-order valence-electron chi connectivity index (χ4n) is 1.92.